The summed E-state index contributed by atoms with van der Waals surface area (Å²) < 4.78 is 5.35. The minimum atomic E-state index is -0.424. The number of rotatable bonds is 6. The number of benzene rings is 2. The van der Waals surface area contributed by atoms with Crippen molar-refractivity contribution in [1.29, 1.82) is 0 Å². The lowest BCUT2D eigenvalue weighted by molar-refractivity contribution is -0.384. The van der Waals surface area contributed by atoms with Crippen LogP contribution in [0.15, 0.2) is 65.3 Å². The van der Waals surface area contributed by atoms with Gasteiger partial charge in [0.05, 0.1) is 11.5 Å². The topological polar surface area (TPSA) is 97.0 Å². The molecule has 0 atom stereocenters. The van der Waals surface area contributed by atoms with E-state index in [4.69, 9.17) is 4.52 Å². The third-order valence-corrected chi connectivity index (χ3v) is 4.22. The predicted molar refractivity (Wildman–Crippen MR) is 105 cm³/mol. The van der Waals surface area contributed by atoms with Gasteiger partial charge in [-0.2, -0.15) is 0 Å². The van der Waals surface area contributed by atoms with E-state index in [0.29, 0.717) is 24.5 Å². The molecule has 0 aliphatic rings. The van der Waals surface area contributed by atoms with E-state index in [9.17, 15) is 10.1 Å². The molecule has 2 heterocycles. The molecule has 2 aromatic heterocycles. The Kier molecular flexibility index (Phi) is 5.54. The van der Waals surface area contributed by atoms with Crippen LogP contribution in [0.4, 0.5) is 5.69 Å². The molecular formula is C19H17ClN4O3. The quantitative estimate of drug-likeness (QED) is 0.378. The number of nitro benzene ring substituents is 1. The van der Waals surface area contributed by atoms with Crippen molar-refractivity contribution < 1.29 is 9.45 Å². The Morgan fingerprint density at radius 2 is 1.89 bits per heavy atom. The minimum Gasteiger partial charge on any atom is -0.361 e. The summed E-state index contributed by atoms with van der Waals surface area (Å²) in [5.74, 6) is 0.707. The van der Waals surface area contributed by atoms with E-state index in [1.807, 2.05) is 30.5 Å². The van der Waals surface area contributed by atoms with Crippen molar-refractivity contribution in [3.8, 4) is 11.3 Å². The summed E-state index contributed by atoms with van der Waals surface area (Å²) >= 11 is 0. The van der Waals surface area contributed by atoms with Gasteiger partial charge in [0.15, 0.2) is 5.76 Å². The Bertz CT molecular complexity index is 1060. The van der Waals surface area contributed by atoms with Crippen LogP contribution in [0.2, 0.25) is 0 Å². The van der Waals surface area contributed by atoms with Crippen LogP contribution in [0, 0.1) is 10.1 Å². The van der Waals surface area contributed by atoms with Crippen LogP contribution in [0.3, 0.4) is 0 Å². The molecule has 0 aliphatic heterocycles. The van der Waals surface area contributed by atoms with Gasteiger partial charge in [0.25, 0.3) is 5.69 Å². The van der Waals surface area contributed by atoms with E-state index < -0.39 is 4.92 Å². The van der Waals surface area contributed by atoms with Crippen molar-refractivity contribution in [1.82, 2.24) is 15.5 Å². The molecule has 0 fully saturated rings. The van der Waals surface area contributed by atoms with Gasteiger partial charge in [-0.05, 0) is 23.8 Å². The SMILES string of the molecule is Cl.O=[N+]([O-])c1ccc(-c2cc(CNCc3c[nH]c4ccccc34)on2)cc1. The number of non-ortho nitro benzene ring substituents is 1. The number of halogens is 1. The summed E-state index contributed by atoms with van der Waals surface area (Å²) in [6.45, 7) is 1.25. The number of hydrogen-bond acceptors (Lipinski definition) is 5. The lowest BCUT2D eigenvalue weighted by Gasteiger charge is -2.00. The summed E-state index contributed by atoms with van der Waals surface area (Å²) in [6, 6.07) is 16.2. The van der Waals surface area contributed by atoms with Crippen molar-refractivity contribution in [2.75, 3.05) is 0 Å². The molecular weight excluding hydrogens is 368 g/mol. The molecule has 4 rings (SSSR count). The van der Waals surface area contributed by atoms with Crippen LogP contribution in [0.25, 0.3) is 22.2 Å². The van der Waals surface area contributed by atoms with E-state index >= 15 is 0 Å². The van der Waals surface area contributed by atoms with Gasteiger partial charge in [0.2, 0.25) is 0 Å². The standard InChI is InChI=1S/C19H16N4O3.ClH/c24-23(25)15-7-5-13(6-8-15)19-9-16(26-22-19)12-20-10-14-11-21-18-4-2-1-3-17(14)18;/h1-9,11,20-21H,10,12H2;1H. The van der Waals surface area contributed by atoms with Crippen LogP contribution in [-0.2, 0) is 13.1 Å². The van der Waals surface area contributed by atoms with E-state index in [-0.39, 0.29) is 18.1 Å². The van der Waals surface area contributed by atoms with Crippen LogP contribution in [0.1, 0.15) is 11.3 Å². The summed E-state index contributed by atoms with van der Waals surface area (Å²) in [7, 11) is 0. The first-order valence-corrected chi connectivity index (χ1v) is 8.17. The first-order chi connectivity index (χ1) is 12.7. The Hall–Kier alpha value is -3.16. The second-order valence-corrected chi connectivity index (χ2v) is 5.95. The molecule has 0 amide bonds. The Morgan fingerprint density at radius 1 is 1.11 bits per heavy atom. The maximum Gasteiger partial charge on any atom is 0.269 e. The molecule has 8 heteroatoms. The maximum absolute atomic E-state index is 10.7. The lowest BCUT2D eigenvalue weighted by atomic mass is 10.1. The van der Waals surface area contributed by atoms with Gasteiger partial charge in [-0.25, -0.2) is 0 Å². The highest BCUT2D eigenvalue weighted by Crippen LogP contribution is 2.22. The molecule has 0 saturated carbocycles. The normalized spacial score (nSPS) is 10.7. The summed E-state index contributed by atoms with van der Waals surface area (Å²) in [4.78, 5) is 13.5. The number of nitrogens with zero attached hydrogens (tertiary/aromatic N) is 2. The summed E-state index contributed by atoms with van der Waals surface area (Å²) in [5.41, 5.74) is 3.80. The fourth-order valence-corrected chi connectivity index (χ4v) is 2.88. The number of nitro groups is 1. The van der Waals surface area contributed by atoms with Gasteiger partial charge in [-0.1, -0.05) is 23.4 Å². The fourth-order valence-electron chi connectivity index (χ4n) is 2.88. The Balaban J connectivity index is 0.00000210. The molecule has 0 spiro atoms. The van der Waals surface area contributed by atoms with E-state index in [2.05, 4.69) is 21.5 Å². The number of nitrogens with one attached hydrogen (secondary N) is 2. The smallest absolute Gasteiger partial charge is 0.269 e. The highest BCUT2D eigenvalue weighted by atomic mass is 35.5. The van der Waals surface area contributed by atoms with Crippen LogP contribution in [-0.4, -0.2) is 15.1 Å². The first kappa shape index (κ1) is 18.6. The van der Waals surface area contributed by atoms with Crippen molar-refractivity contribution in [2.24, 2.45) is 0 Å². The molecule has 27 heavy (non-hydrogen) atoms. The monoisotopic (exact) mass is 384 g/mol. The number of aromatic amines is 1. The molecule has 138 valence electrons. The third kappa shape index (κ3) is 3.99. The first-order valence-electron chi connectivity index (χ1n) is 8.17. The average molecular weight is 385 g/mol. The molecule has 0 aliphatic carbocycles. The Labute approximate surface area is 160 Å². The molecule has 4 aromatic rings. The molecule has 0 unspecified atom stereocenters. The largest absolute Gasteiger partial charge is 0.361 e. The van der Waals surface area contributed by atoms with Gasteiger partial charge in [0.1, 0.15) is 5.69 Å². The van der Waals surface area contributed by atoms with Crippen LogP contribution in [0.5, 0.6) is 0 Å². The van der Waals surface area contributed by atoms with Gasteiger partial charge in [-0.15, -0.1) is 12.4 Å². The Morgan fingerprint density at radius 3 is 2.67 bits per heavy atom. The number of H-pyrrole nitrogens is 1. The molecule has 7 nitrogen and oxygen atoms in total. The number of aromatic nitrogens is 2. The number of fused-ring (bicyclic) bond motifs is 1. The molecule has 0 saturated heterocycles. The van der Waals surface area contributed by atoms with Crippen molar-refractivity contribution in [2.45, 2.75) is 13.1 Å². The second kappa shape index (κ2) is 8.03. The zero-order valence-corrected chi connectivity index (χ0v) is 15.0. The molecule has 0 bridgehead atoms. The minimum absolute atomic E-state index is 0. The average Bonchev–Trinajstić information content (AvgIpc) is 3.29. The summed E-state index contributed by atoms with van der Waals surface area (Å²) in [5, 5.41) is 19.3. The zero-order valence-electron chi connectivity index (χ0n) is 14.2. The number of para-hydroxylation sites is 1. The van der Waals surface area contributed by atoms with E-state index in [1.165, 1.54) is 23.1 Å². The van der Waals surface area contributed by atoms with Crippen molar-refractivity contribution >= 4 is 29.0 Å². The second-order valence-electron chi connectivity index (χ2n) is 5.95. The predicted octanol–water partition coefficient (Wildman–Crippen LogP) is 4.44. The zero-order chi connectivity index (χ0) is 17.9. The van der Waals surface area contributed by atoms with Crippen LogP contribution < -0.4 is 5.32 Å². The molecule has 2 aromatic carbocycles. The number of hydrogen-bond donors (Lipinski definition) is 2. The van der Waals surface area contributed by atoms with Crippen molar-refractivity contribution in [3.05, 3.63) is 82.2 Å². The highest BCUT2D eigenvalue weighted by molar-refractivity contribution is 5.85. The van der Waals surface area contributed by atoms with Gasteiger partial charge < -0.3 is 14.8 Å². The summed E-state index contributed by atoms with van der Waals surface area (Å²) in [6.07, 6.45) is 2.00. The third-order valence-electron chi connectivity index (χ3n) is 4.22. The van der Waals surface area contributed by atoms with Crippen molar-refractivity contribution in [3.63, 3.8) is 0 Å². The van der Waals surface area contributed by atoms with Gasteiger partial charge >= 0.3 is 0 Å². The van der Waals surface area contributed by atoms with E-state index in [0.717, 1.165) is 11.1 Å². The van der Waals surface area contributed by atoms with Gasteiger partial charge in [0, 0.05) is 47.4 Å². The fraction of sp³-hybridized carbons (Fsp3) is 0.105. The van der Waals surface area contributed by atoms with Gasteiger partial charge in [-0.3, -0.25) is 10.1 Å². The van der Waals surface area contributed by atoms with E-state index in [1.54, 1.807) is 12.1 Å². The molecule has 0 radical (unpaired) electrons. The lowest BCUT2D eigenvalue weighted by Crippen LogP contribution is -2.11. The highest BCUT2D eigenvalue weighted by Gasteiger charge is 2.10. The van der Waals surface area contributed by atoms with Crippen LogP contribution >= 0.6 is 12.4 Å². The maximum atomic E-state index is 10.7. The molecule has 2 N–H and O–H groups in total.